The molecule has 0 radical (unpaired) electrons. The predicted molar refractivity (Wildman–Crippen MR) is 70.6 cm³/mol. The quantitative estimate of drug-likeness (QED) is 0.830. The first kappa shape index (κ1) is 15.1. The molecule has 0 amide bonds. The topological polar surface area (TPSA) is 68.7 Å². The van der Waals surface area contributed by atoms with E-state index in [9.17, 15) is 13.6 Å². The fourth-order valence-electron chi connectivity index (χ4n) is 1.84. The Morgan fingerprint density at radius 3 is 2.71 bits per heavy atom. The lowest BCUT2D eigenvalue weighted by atomic mass is 10.1. The molecule has 0 aliphatic rings. The number of methoxy groups -OCH3 is 1. The van der Waals surface area contributed by atoms with Gasteiger partial charge in [0, 0.05) is 37.7 Å². The number of carboxylic acid groups (broad SMARTS) is 1. The third kappa shape index (κ3) is 3.43. The Morgan fingerprint density at radius 2 is 2.05 bits per heavy atom. The molecule has 0 atom stereocenters. The van der Waals surface area contributed by atoms with Crippen LogP contribution in [0.5, 0.6) is 5.75 Å². The fourth-order valence-corrected chi connectivity index (χ4v) is 1.84. The maximum atomic E-state index is 13.7. The first-order chi connectivity index (χ1) is 10.0. The van der Waals surface area contributed by atoms with Gasteiger partial charge in [-0.05, 0) is 6.07 Å². The number of fused-ring (bicyclic) bond motifs is 1. The lowest BCUT2D eigenvalue weighted by Gasteiger charge is -2.10. The molecule has 0 aliphatic heterocycles. The van der Waals surface area contributed by atoms with Crippen molar-refractivity contribution >= 4 is 16.9 Å². The molecule has 1 aromatic carbocycles. The van der Waals surface area contributed by atoms with Crippen LogP contribution in [0.3, 0.4) is 0 Å². The number of aromatic nitrogens is 1. The molecular formula is C14H13F2NO4. The Hall–Kier alpha value is -2.28. The average molecular weight is 297 g/mol. The molecule has 1 heterocycles. The molecule has 5 nitrogen and oxygen atoms in total. The molecule has 0 spiro atoms. The van der Waals surface area contributed by atoms with E-state index in [-0.39, 0.29) is 29.0 Å². The van der Waals surface area contributed by atoms with E-state index in [1.807, 2.05) is 0 Å². The SMILES string of the molecule is COCCCOc1cc(C(=O)O)nc2c(F)cc(F)cc12. The van der Waals surface area contributed by atoms with Crippen molar-refractivity contribution in [1.29, 1.82) is 0 Å². The first-order valence-electron chi connectivity index (χ1n) is 6.17. The standard InChI is InChI=1S/C14H13F2NO4/c1-20-3-2-4-21-12-7-11(14(18)19)17-13-9(12)5-8(15)6-10(13)16/h5-7H,2-4H2,1H3,(H,18,19). The second-order valence-electron chi connectivity index (χ2n) is 4.29. The third-order valence-corrected chi connectivity index (χ3v) is 2.76. The summed E-state index contributed by atoms with van der Waals surface area (Å²) in [6, 6.07) is 2.86. The zero-order chi connectivity index (χ0) is 15.4. The molecule has 0 fully saturated rings. The van der Waals surface area contributed by atoms with Gasteiger partial charge in [0.1, 0.15) is 17.1 Å². The summed E-state index contributed by atoms with van der Waals surface area (Å²) in [6.07, 6.45) is 0.556. The lowest BCUT2D eigenvalue weighted by molar-refractivity contribution is 0.0690. The van der Waals surface area contributed by atoms with Crippen molar-refractivity contribution in [3.8, 4) is 5.75 Å². The van der Waals surface area contributed by atoms with Crippen LogP contribution in [-0.4, -0.2) is 36.4 Å². The van der Waals surface area contributed by atoms with E-state index < -0.39 is 17.6 Å². The van der Waals surface area contributed by atoms with Gasteiger partial charge in [0.05, 0.1) is 6.61 Å². The number of nitrogens with zero attached hydrogens (tertiary/aromatic N) is 1. The lowest BCUT2D eigenvalue weighted by Crippen LogP contribution is -2.06. The van der Waals surface area contributed by atoms with Gasteiger partial charge in [-0.1, -0.05) is 0 Å². The van der Waals surface area contributed by atoms with Crippen molar-refractivity contribution in [2.75, 3.05) is 20.3 Å². The van der Waals surface area contributed by atoms with E-state index in [0.29, 0.717) is 19.1 Å². The van der Waals surface area contributed by atoms with Gasteiger partial charge in [-0.3, -0.25) is 0 Å². The van der Waals surface area contributed by atoms with Gasteiger partial charge in [0.25, 0.3) is 0 Å². The van der Waals surface area contributed by atoms with Crippen LogP contribution in [0.4, 0.5) is 8.78 Å². The zero-order valence-corrected chi connectivity index (χ0v) is 11.2. The van der Waals surface area contributed by atoms with Gasteiger partial charge in [-0.15, -0.1) is 0 Å². The molecule has 2 aromatic rings. The number of hydrogen-bond donors (Lipinski definition) is 1. The minimum atomic E-state index is -1.32. The van der Waals surface area contributed by atoms with Gasteiger partial charge in [0.15, 0.2) is 11.5 Å². The summed E-state index contributed by atoms with van der Waals surface area (Å²) < 4.78 is 37.3. The summed E-state index contributed by atoms with van der Waals surface area (Å²) in [7, 11) is 1.54. The number of carboxylic acids is 1. The summed E-state index contributed by atoms with van der Waals surface area (Å²) in [5.41, 5.74) is -0.604. The van der Waals surface area contributed by atoms with Gasteiger partial charge >= 0.3 is 5.97 Å². The van der Waals surface area contributed by atoms with Crippen molar-refractivity contribution < 1.29 is 28.2 Å². The van der Waals surface area contributed by atoms with Crippen LogP contribution in [0.2, 0.25) is 0 Å². The van der Waals surface area contributed by atoms with E-state index in [1.54, 1.807) is 0 Å². The van der Waals surface area contributed by atoms with E-state index >= 15 is 0 Å². The number of ether oxygens (including phenoxy) is 2. The molecule has 2 rings (SSSR count). The summed E-state index contributed by atoms with van der Waals surface area (Å²) >= 11 is 0. The summed E-state index contributed by atoms with van der Waals surface area (Å²) in [5.74, 6) is -2.96. The average Bonchev–Trinajstić information content (AvgIpc) is 2.43. The van der Waals surface area contributed by atoms with Crippen molar-refractivity contribution in [2.24, 2.45) is 0 Å². The van der Waals surface area contributed by atoms with Crippen LogP contribution in [0.15, 0.2) is 18.2 Å². The number of rotatable bonds is 6. The number of aromatic carboxylic acids is 1. The van der Waals surface area contributed by atoms with Gasteiger partial charge in [-0.25, -0.2) is 18.6 Å². The Kier molecular flexibility index (Phi) is 4.64. The molecule has 7 heteroatoms. The highest BCUT2D eigenvalue weighted by Gasteiger charge is 2.16. The van der Waals surface area contributed by atoms with E-state index in [4.69, 9.17) is 14.6 Å². The van der Waals surface area contributed by atoms with Crippen LogP contribution < -0.4 is 4.74 Å². The molecule has 0 saturated carbocycles. The summed E-state index contributed by atoms with van der Waals surface area (Å²) in [4.78, 5) is 14.7. The Morgan fingerprint density at radius 1 is 1.29 bits per heavy atom. The monoisotopic (exact) mass is 297 g/mol. The normalized spacial score (nSPS) is 10.8. The van der Waals surface area contributed by atoms with Crippen LogP contribution >= 0.6 is 0 Å². The van der Waals surface area contributed by atoms with Crippen LogP contribution in [0, 0.1) is 11.6 Å². The van der Waals surface area contributed by atoms with Crippen LogP contribution in [-0.2, 0) is 4.74 Å². The van der Waals surface area contributed by atoms with E-state index in [0.717, 1.165) is 12.1 Å². The minimum Gasteiger partial charge on any atom is -0.493 e. The molecule has 21 heavy (non-hydrogen) atoms. The number of benzene rings is 1. The Balaban J connectivity index is 2.46. The zero-order valence-electron chi connectivity index (χ0n) is 11.2. The molecule has 0 saturated heterocycles. The van der Waals surface area contributed by atoms with Crippen molar-refractivity contribution in [1.82, 2.24) is 4.98 Å². The third-order valence-electron chi connectivity index (χ3n) is 2.76. The smallest absolute Gasteiger partial charge is 0.354 e. The molecule has 112 valence electrons. The second-order valence-corrected chi connectivity index (χ2v) is 4.29. The Labute approximate surface area is 119 Å². The number of halogens is 2. The maximum absolute atomic E-state index is 13.7. The van der Waals surface area contributed by atoms with Crippen molar-refractivity contribution in [3.63, 3.8) is 0 Å². The number of pyridine rings is 1. The summed E-state index contributed by atoms with van der Waals surface area (Å²) in [6.45, 7) is 0.682. The summed E-state index contributed by atoms with van der Waals surface area (Å²) in [5, 5.41) is 9.08. The predicted octanol–water partition coefficient (Wildman–Crippen LogP) is 2.63. The van der Waals surface area contributed by atoms with Crippen LogP contribution in [0.1, 0.15) is 16.9 Å². The van der Waals surface area contributed by atoms with E-state index in [2.05, 4.69) is 4.98 Å². The Bertz CT molecular complexity index is 676. The highest BCUT2D eigenvalue weighted by molar-refractivity contribution is 5.93. The first-order valence-corrected chi connectivity index (χ1v) is 6.17. The molecule has 0 bridgehead atoms. The molecule has 1 aromatic heterocycles. The molecule has 0 unspecified atom stereocenters. The van der Waals surface area contributed by atoms with Crippen LogP contribution in [0.25, 0.3) is 10.9 Å². The number of carbonyl (C=O) groups is 1. The van der Waals surface area contributed by atoms with Gasteiger partial charge in [-0.2, -0.15) is 0 Å². The van der Waals surface area contributed by atoms with Crippen molar-refractivity contribution in [3.05, 3.63) is 35.5 Å². The molecular weight excluding hydrogens is 284 g/mol. The maximum Gasteiger partial charge on any atom is 0.354 e. The van der Waals surface area contributed by atoms with E-state index in [1.165, 1.54) is 7.11 Å². The highest BCUT2D eigenvalue weighted by Crippen LogP contribution is 2.28. The van der Waals surface area contributed by atoms with Crippen molar-refractivity contribution in [2.45, 2.75) is 6.42 Å². The minimum absolute atomic E-state index is 0.0758. The molecule has 0 aliphatic carbocycles. The second kappa shape index (κ2) is 6.45. The van der Waals surface area contributed by atoms with Gasteiger partial charge in [0.2, 0.25) is 0 Å². The number of hydrogen-bond acceptors (Lipinski definition) is 4. The largest absolute Gasteiger partial charge is 0.493 e. The highest BCUT2D eigenvalue weighted by atomic mass is 19.1. The fraction of sp³-hybridized carbons (Fsp3) is 0.286. The van der Waals surface area contributed by atoms with Gasteiger partial charge < -0.3 is 14.6 Å². The molecule has 1 N–H and O–H groups in total.